The number of hydrogen-bond acceptors (Lipinski definition) is 5. The average Bonchev–Trinajstić information content (AvgIpc) is 3.33. The van der Waals surface area contributed by atoms with Crippen LogP contribution in [0.2, 0.25) is 0 Å². The number of carbonyl (C=O) groups is 2. The molecule has 0 saturated heterocycles. The Morgan fingerprint density at radius 3 is 0.985 bits per heavy atom. The third-order valence-corrected chi connectivity index (χ3v) is 11.2. The molecule has 0 radical (unpaired) electrons. The first-order valence-corrected chi connectivity index (χ1v) is 27.2. The molecule has 0 aromatic heterocycles. The zero-order valence-corrected chi connectivity index (χ0v) is 43.1. The highest BCUT2D eigenvalue weighted by Gasteiger charge is 2.16. The van der Waals surface area contributed by atoms with E-state index >= 15 is 0 Å². The van der Waals surface area contributed by atoms with Gasteiger partial charge in [-0.15, -0.1) is 0 Å². The molecule has 0 spiro atoms. The van der Waals surface area contributed by atoms with Crippen LogP contribution in [0.25, 0.3) is 0 Å². The zero-order valence-electron chi connectivity index (χ0n) is 43.1. The van der Waals surface area contributed by atoms with Crippen molar-refractivity contribution in [3.63, 3.8) is 0 Å². The Kier molecular flexibility index (Phi) is 53.0. The Morgan fingerprint density at radius 2 is 0.642 bits per heavy atom. The van der Waals surface area contributed by atoms with Crippen LogP contribution in [0, 0.1) is 0 Å². The topological polar surface area (TPSA) is 72.8 Å². The zero-order chi connectivity index (χ0) is 48.5. The van der Waals surface area contributed by atoms with Crippen molar-refractivity contribution in [2.75, 3.05) is 13.2 Å². The van der Waals surface area contributed by atoms with E-state index in [1.54, 1.807) is 0 Å². The lowest BCUT2D eigenvalue weighted by Crippen LogP contribution is -2.28. The molecule has 0 aromatic carbocycles. The summed E-state index contributed by atoms with van der Waals surface area (Å²) in [4.78, 5) is 24.4. The lowest BCUT2D eigenvalue weighted by Gasteiger charge is -2.15. The van der Waals surface area contributed by atoms with Crippen molar-refractivity contribution in [1.82, 2.24) is 0 Å². The van der Waals surface area contributed by atoms with E-state index in [4.69, 9.17) is 9.47 Å². The number of unbranched alkanes of at least 4 members (excludes halogenated alkanes) is 18. The second kappa shape index (κ2) is 56.4. The summed E-state index contributed by atoms with van der Waals surface area (Å²) >= 11 is 0. The van der Waals surface area contributed by atoms with Crippen LogP contribution in [-0.2, 0) is 19.1 Å². The van der Waals surface area contributed by atoms with Gasteiger partial charge in [0, 0.05) is 12.8 Å². The van der Waals surface area contributed by atoms with Crippen molar-refractivity contribution >= 4 is 11.9 Å². The van der Waals surface area contributed by atoms with Crippen LogP contribution in [0.5, 0.6) is 0 Å². The molecule has 0 fully saturated rings. The molecular formula is C62H100O5. The quantitative estimate of drug-likeness (QED) is 0.0374. The summed E-state index contributed by atoms with van der Waals surface area (Å²) in [6, 6.07) is 0. The standard InChI is InChI=1S/C62H100O5/c1-3-5-7-9-11-13-15-17-19-21-22-23-24-25-26-27-28-29-30-31-32-33-34-35-36-37-38-39-40-41-43-45-47-49-51-53-55-57-62(65)67-60(58-63)59-66-61(64)56-54-52-50-48-46-44-42-20-18-16-14-12-10-8-6-4-2/h5,7,11,13,17,19-20,22-23,25-26,28-29,31-32,34-35,37-38,40-42,60,63H,3-4,6,8-10,12,14-16,18,21,24,27,30,33,36,39,43-59H2,1-2H3/b7-5-,13-11-,19-17-,23-22-,26-25-,29-28-,32-31-,35-34-,38-37-,41-40-,42-20-. The lowest BCUT2D eigenvalue weighted by molar-refractivity contribution is -0.161. The van der Waals surface area contributed by atoms with Gasteiger partial charge in [-0.2, -0.15) is 0 Å². The molecule has 0 aliphatic rings. The van der Waals surface area contributed by atoms with Gasteiger partial charge >= 0.3 is 11.9 Å². The van der Waals surface area contributed by atoms with Gasteiger partial charge in [-0.3, -0.25) is 9.59 Å². The molecule has 0 bridgehead atoms. The van der Waals surface area contributed by atoms with Crippen LogP contribution < -0.4 is 0 Å². The summed E-state index contributed by atoms with van der Waals surface area (Å²) in [5.41, 5.74) is 0. The predicted octanol–water partition coefficient (Wildman–Crippen LogP) is 18.5. The molecule has 1 atom stereocenters. The first-order chi connectivity index (χ1) is 33.1. The SMILES string of the molecule is CC/C=C\C/C=C\C/C=C\C/C=C\C/C=C\C/C=C\C/C=C\C/C=C\C/C=C\C/C=C\CCCCCCCCC(=O)OC(CO)COC(=O)CCCCCCC/C=C\CCCCCCCCC. The summed E-state index contributed by atoms with van der Waals surface area (Å²) in [7, 11) is 0. The number of esters is 2. The van der Waals surface area contributed by atoms with Gasteiger partial charge in [0.25, 0.3) is 0 Å². The molecule has 0 aliphatic heterocycles. The van der Waals surface area contributed by atoms with Gasteiger partial charge in [-0.05, 0) is 116 Å². The molecule has 5 nitrogen and oxygen atoms in total. The van der Waals surface area contributed by atoms with E-state index in [0.717, 1.165) is 116 Å². The van der Waals surface area contributed by atoms with Crippen molar-refractivity contribution in [3.8, 4) is 0 Å². The summed E-state index contributed by atoms with van der Waals surface area (Å²) < 4.78 is 10.7. The molecule has 1 unspecified atom stereocenters. The van der Waals surface area contributed by atoms with Crippen molar-refractivity contribution in [3.05, 3.63) is 134 Å². The second-order valence-electron chi connectivity index (χ2n) is 17.6. The van der Waals surface area contributed by atoms with E-state index in [9.17, 15) is 14.7 Å². The predicted molar refractivity (Wildman–Crippen MR) is 292 cm³/mol. The fourth-order valence-electron chi connectivity index (χ4n) is 7.11. The van der Waals surface area contributed by atoms with Crippen LogP contribution in [0.1, 0.15) is 226 Å². The number of aliphatic hydroxyl groups excluding tert-OH is 1. The molecule has 1 N–H and O–H groups in total. The minimum Gasteiger partial charge on any atom is -0.462 e. The third kappa shape index (κ3) is 54.5. The summed E-state index contributed by atoms with van der Waals surface area (Å²) in [6.45, 7) is 4.00. The van der Waals surface area contributed by atoms with Gasteiger partial charge in [0.2, 0.25) is 0 Å². The maximum absolute atomic E-state index is 12.3. The highest BCUT2D eigenvalue weighted by molar-refractivity contribution is 5.70. The van der Waals surface area contributed by atoms with Gasteiger partial charge in [0.05, 0.1) is 6.61 Å². The van der Waals surface area contributed by atoms with Crippen LogP contribution in [-0.4, -0.2) is 36.4 Å². The molecule has 0 rings (SSSR count). The van der Waals surface area contributed by atoms with E-state index in [0.29, 0.717) is 12.8 Å². The smallest absolute Gasteiger partial charge is 0.306 e. The largest absolute Gasteiger partial charge is 0.462 e. The number of aliphatic hydroxyl groups is 1. The number of carbonyl (C=O) groups excluding carboxylic acids is 2. The Hall–Kier alpha value is -3.96. The summed E-state index contributed by atoms with van der Waals surface area (Å²) in [5.74, 6) is -0.624. The average molecular weight is 925 g/mol. The van der Waals surface area contributed by atoms with E-state index in [1.165, 1.54) is 83.5 Å². The van der Waals surface area contributed by atoms with E-state index in [-0.39, 0.29) is 25.2 Å². The molecule has 5 heteroatoms. The van der Waals surface area contributed by atoms with Crippen LogP contribution in [0.15, 0.2) is 134 Å². The fraction of sp³-hybridized carbons (Fsp3) is 0.613. The molecular weight excluding hydrogens is 825 g/mol. The Balaban J connectivity index is 3.64. The van der Waals surface area contributed by atoms with Gasteiger partial charge in [0.1, 0.15) is 6.61 Å². The molecule has 0 saturated carbocycles. The normalized spacial score (nSPS) is 13.3. The summed E-state index contributed by atoms with van der Waals surface area (Å²) in [5, 5.41) is 9.62. The maximum Gasteiger partial charge on any atom is 0.306 e. The number of hydrogen-bond donors (Lipinski definition) is 1. The molecule has 67 heavy (non-hydrogen) atoms. The molecule has 378 valence electrons. The molecule has 0 amide bonds. The number of ether oxygens (including phenoxy) is 2. The van der Waals surface area contributed by atoms with Crippen molar-refractivity contribution in [2.24, 2.45) is 0 Å². The second-order valence-corrected chi connectivity index (χ2v) is 17.6. The van der Waals surface area contributed by atoms with E-state index in [1.807, 2.05) is 0 Å². The van der Waals surface area contributed by atoms with E-state index < -0.39 is 6.10 Å². The first kappa shape index (κ1) is 63.0. The van der Waals surface area contributed by atoms with Gasteiger partial charge in [0.15, 0.2) is 6.10 Å². The van der Waals surface area contributed by atoms with Crippen LogP contribution in [0.3, 0.4) is 0 Å². The number of rotatable bonds is 48. The fourth-order valence-corrected chi connectivity index (χ4v) is 7.11. The third-order valence-electron chi connectivity index (χ3n) is 11.2. The van der Waals surface area contributed by atoms with Gasteiger partial charge in [-0.1, -0.05) is 231 Å². The van der Waals surface area contributed by atoms with E-state index in [2.05, 4.69) is 148 Å². The number of allylic oxidation sites excluding steroid dienone is 22. The lowest BCUT2D eigenvalue weighted by atomic mass is 10.1. The first-order valence-electron chi connectivity index (χ1n) is 27.2. The maximum atomic E-state index is 12.3. The van der Waals surface area contributed by atoms with Gasteiger partial charge < -0.3 is 14.6 Å². The van der Waals surface area contributed by atoms with Crippen molar-refractivity contribution in [2.45, 2.75) is 232 Å². The minimum absolute atomic E-state index is 0.0832. The molecule has 0 aromatic rings. The van der Waals surface area contributed by atoms with Gasteiger partial charge in [-0.25, -0.2) is 0 Å². The molecule has 0 aliphatic carbocycles. The minimum atomic E-state index is -0.792. The van der Waals surface area contributed by atoms with Crippen LogP contribution >= 0.6 is 0 Å². The Morgan fingerprint density at radius 1 is 0.358 bits per heavy atom. The highest BCUT2D eigenvalue weighted by Crippen LogP contribution is 2.13. The van der Waals surface area contributed by atoms with Crippen molar-refractivity contribution < 1.29 is 24.2 Å². The molecule has 0 heterocycles. The monoisotopic (exact) mass is 925 g/mol. The highest BCUT2D eigenvalue weighted by atomic mass is 16.6. The summed E-state index contributed by atoms with van der Waals surface area (Å²) in [6.07, 6.45) is 84.1. The Bertz CT molecular complexity index is 1420. The van der Waals surface area contributed by atoms with Crippen molar-refractivity contribution in [1.29, 1.82) is 0 Å². The Labute approximate surface area is 413 Å². The van der Waals surface area contributed by atoms with Crippen LogP contribution in [0.4, 0.5) is 0 Å².